The minimum atomic E-state index is -0.448. The number of amides is 2. The fourth-order valence-electron chi connectivity index (χ4n) is 1.99. The van der Waals surface area contributed by atoms with Crippen molar-refractivity contribution in [2.45, 2.75) is 6.42 Å². The van der Waals surface area contributed by atoms with Gasteiger partial charge in [-0.05, 0) is 59.8 Å². The lowest BCUT2D eigenvalue weighted by Crippen LogP contribution is -2.48. The molecule has 0 aliphatic rings. The quantitative estimate of drug-likeness (QED) is 0.331. The molecule has 2 aromatic rings. The van der Waals surface area contributed by atoms with E-state index >= 15 is 0 Å². The van der Waals surface area contributed by atoms with Gasteiger partial charge in [0.1, 0.15) is 5.82 Å². The second-order valence-electron chi connectivity index (χ2n) is 5.33. The lowest BCUT2D eigenvalue weighted by molar-refractivity contribution is -0.121. The predicted octanol–water partition coefficient (Wildman–Crippen LogP) is 3.63. The first-order valence-electron chi connectivity index (χ1n) is 7.60. The molecule has 0 saturated heterocycles. The van der Waals surface area contributed by atoms with E-state index in [9.17, 15) is 14.0 Å². The van der Waals surface area contributed by atoms with Crippen LogP contribution in [0.4, 0.5) is 4.39 Å². The van der Waals surface area contributed by atoms with Crippen LogP contribution in [0.2, 0.25) is 0 Å². The van der Waals surface area contributed by atoms with E-state index in [0.717, 1.165) is 14.5 Å². The number of nitrogens with one attached hydrogen (secondary N) is 3. The number of carbonyl (C=O) groups is 2. The Labute approximate surface area is 177 Å². The minimum absolute atomic E-state index is 0.0432. The van der Waals surface area contributed by atoms with Gasteiger partial charge in [0.2, 0.25) is 11.8 Å². The van der Waals surface area contributed by atoms with Gasteiger partial charge in [-0.25, -0.2) is 4.39 Å². The number of hydrazine groups is 1. The van der Waals surface area contributed by atoms with Gasteiger partial charge in [0.05, 0.1) is 6.42 Å². The summed E-state index contributed by atoms with van der Waals surface area (Å²) in [4.78, 5) is 23.7. The number of hydrogen-bond acceptors (Lipinski definition) is 3. The minimum Gasteiger partial charge on any atom is -0.298 e. The van der Waals surface area contributed by atoms with Crippen molar-refractivity contribution in [3.05, 3.63) is 74.4 Å². The van der Waals surface area contributed by atoms with Gasteiger partial charge in [0.25, 0.3) is 0 Å². The average molecular weight is 515 g/mol. The highest BCUT2D eigenvalue weighted by atomic mass is 79.9. The Hall–Kier alpha value is -2.10. The van der Waals surface area contributed by atoms with Gasteiger partial charge in [-0.15, -0.1) is 0 Å². The first-order valence-corrected chi connectivity index (χ1v) is 9.59. The molecule has 0 heterocycles. The van der Waals surface area contributed by atoms with Crippen LogP contribution >= 0.6 is 44.1 Å². The molecule has 0 fully saturated rings. The van der Waals surface area contributed by atoms with E-state index < -0.39 is 5.91 Å². The molecule has 0 radical (unpaired) electrons. The second-order valence-corrected chi connectivity index (χ2v) is 7.57. The van der Waals surface area contributed by atoms with Crippen molar-refractivity contribution < 1.29 is 14.0 Å². The monoisotopic (exact) mass is 513 g/mol. The van der Waals surface area contributed by atoms with Gasteiger partial charge >= 0.3 is 0 Å². The zero-order valence-electron chi connectivity index (χ0n) is 13.8. The molecule has 2 aromatic carbocycles. The maximum absolute atomic E-state index is 12.8. The largest absolute Gasteiger partial charge is 0.298 e. The third-order valence-electron chi connectivity index (χ3n) is 3.14. The standard InChI is InChI=1S/C18H14Br2FN3O2S/c19-13-7-12(8-14(20)10-13)3-6-16(25)22-18(27)24-23-17(26)9-11-1-4-15(21)5-2-11/h1-8,10H,9H2,(H,23,26)(H2,22,24,25,27)/b6-3+. The van der Waals surface area contributed by atoms with Crippen molar-refractivity contribution in [2.75, 3.05) is 0 Å². The second kappa shape index (κ2) is 10.3. The van der Waals surface area contributed by atoms with Crippen molar-refractivity contribution in [1.29, 1.82) is 0 Å². The number of halogens is 3. The van der Waals surface area contributed by atoms with E-state index in [1.54, 1.807) is 6.08 Å². The molecule has 0 spiro atoms. The van der Waals surface area contributed by atoms with Crippen LogP contribution in [-0.2, 0) is 16.0 Å². The maximum Gasteiger partial charge on any atom is 0.250 e. The first-order chi connectivity index (χ1) is 12.8. The van der Waals surface area contributed by atoms with Crippen molar-refractivity contribution in [3.63, 3.8) is 0 Å². The lowest BCUT2D eigenvalue weighted by atomic mass is 10.1. The van der Waals surface area contributed by atoms with Crippen LogP contribution in [0.15, 0.2) is 57.5 Å². The van der Waals surface area contributed by atoms with Gasteiger partial charge in [-0.2, -0.15) is 0 Å². The van der Waals surface area contributed by atoms with Crippen LogP contribution in [0, 0.1) is 5.82 Å². The Morgan fingerprint density at radius 2 is 1.67 bits per heavy atom. The summed E-state index contributed by atoms with van der Waals surface area (Å²) in [5.41, 5.74) is 6.27. The van der Waals surface area contributed by atoms with Crippen molar-refractivity contribution >= 4 is 67.1 Å². The molecule has 140 valence electrons. The summed E-state index contributed by atoms with van der Waals surface area (Å²) in [7, 11) is 0. The van der Waals surface area contributed by atoms with Gasteiger partial charge in [0, 0.05) is 15.0 Å². The number of benzene rings is 2. The smallest absolute Gasteiger partial charge is 0.250 e. The third-order valence-corrected chi connectivity index (χ3v) is 4.26. The molecule has 9 heteroatoms. The van der Waals surface area contributed by atoms with Crippen LogP contribution < -0.4 is 16.2 Å². The summed E-state index contributed by atoms with van der Waals surface area (Å²) in [5, 5.41) is 2.36. The normalized spacial score (nSPS) is 10.5. The van der Waals surface area contributed by atoms with Gasteiger partial charge in [-0.3, -0.25) is 25.8 Å². The molecule has 0 unspecified atom stereocenters. The number of rotatable bonds is 4. The molecule has 0 aliphatic carbocycles. The molecule has 3 N–H and O–H groups in total. The van der Waals surface area contributed by atoms with E-state index in [1.165, 1.54) is 30.3 Å². The fourth-order valence-corrected chi connectivity index (χ4v) is 3.47. The van der Waals surface area contributed by atoms with Gasteiger partial charge < -0.3 is 0 Å². The maximum atomic E-state index is 12.8. The summed E-state index contributed by atoms with van der Waals surface area (Å²) < 4.78 is 14.6. The molecule has 2 rings (SSSR count). The summed E-state index contributed by atoms with van der Waals surface area (Å²) in [6, 6.07) is 11.2. The topological polar surface area (TPSA) is 70.2 Å². The zero-order valence-corrected chi connectivity index (χ0v) is 17.8. The average Bonchev–Trinajstić information content (AvgIpc) is 2.59. The molecule has 2 amide bonds. The Morgan fingerprint density at radius 1 is 1.04 bits per heavy atom. The fraction of sp³-hybridized carbons (Fsp3) is 0.0556. The highest BCUT2D eigenvalue weighted by molar-refractivity contribution is 9.11. The first kappa shape index (κ1) is 21.2. The molecule has 0 bridgehead atoms. The van der Waals surface area contributed by atoms with Crippen LogP contribution in [-0.4, -0.2) is 16.9 Å². The summed E-state index contributed by atoms with van der Waals surface area (Å²) in [6.45, 7) is 0. The molecule has 0 saturated carbocycles. The Bertz CT molecular complexity index is 868. The third kappa shape index (κ3) is 7.98. The zero-order chi connectivity index (χ0) is 19.8. The van der Waals surface area contributed by atoms with Crippen LogP contribution in [0.5, 0.6) is 0 Å². The highest BCUT2D eigenvalue weighted by Gasteiger charge is 2.05. The van der Waals surface area contributed by atoms with E-state index in [4.69, 9.17) is 12.2 Å². The molecular formula is C18H14Br2FN3O2S. The number of thiocarbonyl (C=S) groups is 1. The molecule has 5 nitrogen and oxygen atoms in total. The Balaban J connectivity index is 1.77. The van der Waals surface area contributed by atoms with E-state index in [-0.39, 0.29) is 23.3 Å². The number of carbonyl (C=O) groups excluding carboxylic acids is 2. The Morgan fingerprint density at radius 3 is 2.30 bits per heavy atom. The molecule has 0 aliphatic heterocycles. The van der Waals surface area contributed by atoms with Crippen molar-refractivity contribution in [2.24, 2.45) is 0 Å². The van der Waals surface area contributed by atoms with Crippen LogP contribution in [0.3, 0.4) is 0 Å². The molecular weight excluding hydrogens is 501 g/mol. The molecule has 0 atom stereocenters. The van der Waals surface area contributed by atoms with Crippen LogP contribution in [0.1, 0.15) is 11.1 Å². The van der Waals surface area contributed by atoms with Gasteiger partial charge in [-0.1, -0.05) is 44.0 Å². The highest BCUT2D eigenvalue weighted by Crippen LogP contribution is 2.20. The molecule has 0 aromatic heterocycles. The molecule has 27 heavy (non-hydrogen) atoms. The van der Waals surface area contributed by atoms with Crippen molar-refractivity contribution in [1.82, 2.24) is 16.2 Å². The lowest BCUT2D eigenvalue weighted by Gasteiger charge is -2.09. The van der Waals surface area contributed by atoms with E-state index in [0.29, 0.717) is 5.56 Å². The predicted molar refractivity (Wildman–Crippen MR) is 113 cm³/mol. The van der Waals surface area contributed by atoms with E-state index in [2.05, 4.69) is 48.0 Å². The summed E-state index contributed by atoms with van der Waals surface area (Å²) >= 11 is 11.7. The van der Waals surface area contributed by atoms with Gasteiger partial charge in [0.15, 0.2) is 5.11 Å². The number of hydrogen-bond donors (Lipinski definition) is 3. The summed E-state index contributed by atoms with van der Waals surface area (Å²) in [6.07, 6.45) is 2.99. The Kier molecular flexibility index (Phi) is 8.08. The van der Waals surface area contributed by atoms with E-state index in [1.807, 2.05) is 18.2 Å². The SMILES string of the molecule is O=C(/C=C/c1cc(Br)cc(Br)c1)NC(=S)NNC(=O)Cc1ccc(F)cc1. The van der Waals surface area contributed by atoms with Crippen LogP contribution in [0.25, 0.3) is 6.08 Å². The summed E-state index contributed by atoms with van der Waals surface area (Å²) in [5.74, 6) is -1.20. The van der Waals surface area contributed by atoms with Crippen molar-refractivity contribution in [3.8, 4) is 0 Å².